The molecule has 31 heavy (non-hydrogen) atoms. The average Bonchev–Trinajstić information content (AvgIpc) is 3.29. The number of benzene rings is 2. The predicted octanol–water partition coefficient (Wildman–Crippen LogP) is 3.28. The predicted molar refractivity (Wildman–Crippen MR) is 117 cm³/mol. The highest BCUT2D eigenvalue weighted by Gasteiger charge is 2.39. The van der Waals surface area contributed by atoms with Crippen molar-refractivity contribution in [2.45, 2.75) is 37.1 Å². The summed E-state index contributed by atoms with van der Waals surface area (Å²) in [6.45, 7) is 2.92. The quantitative estimate of drug-likeness (QED) is 0.633. The van der Waals surface area contributed by atoms with Gasteiger partial charge >= 0.3 is 0 Å². The van der Waals surface area contributed by atoms with Crippen LogP contribution < -0.4 is 19.5 Å². The van der Waals surface area contributed by atoms with Gasteiger partial charge in [-0.3, -0.25) is 4.79 Å². The first kappa shape index (κ1) is 22.9. The number of rotatable bonds is 9. The van der Waals surface area contributed by atoms with E-state index in [1.807, 2.05) is 6.92 Å². The summed E-state index contributed by atoms with van der Waals surface area (Å²) in [5.41, 5.74) is 0.587. The second kappa shape index (κ2) is 10.0. The van der Waals surface area contributed by atoms with Crippen molar-refractivity contribution in [2.75, 3.05) is 32.7 Å². The molecule has 9 heteroatoms. The van der Waals surface area contributed by atoms with E-state index in [2.05, 4.69) is 5.32 Å². The Balaban J connectivity index is 1.76. The van der Waals surface area contributed by atoms with E-state index < -0.39 is 16.1 Å². The minimum absolute atomic E-state index is 0.0577. The second-order valence-corrected chi connectivity index (χ2v) is 9.04. The fraction of sp³-hybridized carbons (Fsp3) is 0.409. The number of hydrogen-bond acceptors (Lipinski definition) is 6. The number of ether oxygens (including phenoxy) is 3. The standard InChI is InChI=1S/C22H28N2O6S/c1-4-14-30-17-9-7-16(8-10-17)23-22(25)19-6-5-13-24(19)31(26,27)18-11-12-20(28-2)21(15-18)29-3/h7-12,15,19H,4-6,13-14H2,1-3H3,(H,23,25). The van der Waals surface area contributed by atoms with Gasteiger partial charge in [-0.25, -0.2) is 8.42 Å². The lowest BCUT2D eigenvalue weighted by atomic mass is 10.2. The van der Waals surface area contributed by atoms with Crippen LogP contribution >= 0.6 is 0 Å². The Hall–Kier alpha value is -2.78. The van der Waals surface area contributed by atoms with E-state index in [1.165, 1.54) is 30.7 Å². The molecule has 1 saturated heterocycles. The van der Waals surface area contributed by atoms with Crippen LogP contribution in [0.1, 0.15) is 26.2 Å². The van der Waals surface area contributed by atoms with Crippen LogP contribution in [-0.4, -0.2) is 52.0 Å². The van der Waals surface area contributed by atoms with Crippen molar-refractivity contribution in [1.29, 1.82) is 0 Å². The van der Waals surface area contributed by atoms with Crippen LogP contribution in [0.4, 0.5) is 5.69 Å². The molecule has 3 rings (SSSR count). The van der Waals surface area contributed by atoms with Gasteiger partial charge in [0.05, 0.1) is 25.7 Å². The molecule has 1 aliphatic rings. The lowest BCUT2D eigenvalue weighted by Crippen LogP contribution is -2.43. The molecule has 1 heterocycles. The Morgan fingerprint density at radius 2 is 1.81 bits per heavy atom. The molecule has 1 unspecified atom stereocenters. The summed E-state index contributed by atoms with van der Waals surface area (Å²) in [5, 5.41) is 2.82. The summed E-state index contributed by atoms with van der Waals surface area (Å²) in [6, 6.07) is 10.7. The Bertz CT molecular complexity index is 1010. The van der Waals surface area contributed by atoms with Gasteiger partial charge in [0, 0.05) is 18.3 Å². The van der Waals surface area contributed by atoms with Crippen LogP contribution in [0.5, 0.6) is 17.2 Å². The molecule has 1 amide bonds. The maximum atomic E-state index is 13.2. The molecule has 2 aromatic carbocycles. The maximum Gasteiger partial charge on any atom is 0.243 e. The summed E-state index contributed by atoms with van der Waals surface area (Å²) >= 11 is 0. The van der Waals surface area contributed by atoms with Crippen molar-refractivity contribution >= 4 is 21.6 Å². The van der Waals surface area contributed by atoms with E-state index in [-0.39, 0.29) is 17.3 Å². The minimum Gasteiger partial charge on any atom is -0.494 e. The zero-order chi connectivity index (χ0) is 22.4. The van der Waals surface area contributed by atoms with E-state index >= 15 is 0 Å². The maximum absolute atomic E-state index is 13.2. The number of carbonyl (C=O) groups excluding carboxylic acids is 1. The number of hydrogen-bond donors (Lipinski definition) is 1. The van der Waals surface area contributed by atoms with Gasteiger partial charge in [0.15, 0.2) is 11.5 Å². The molecule has 0 aromatic heterocycles. The summed E-state index contributed by atoms with van der Waals surface area (Å²) in [6.07, 6.45) is 1.97. The van der Waals surface area contributed by atoms with E-state index in [0.29, 0.717) is 36.6 Å². The molecule has 1 fully saturated rings. The fourth-order valence-electron chi connectivity index (χ4n) is 3.48. The fourth-order valence-corrected chi connectivity index (χ4v) is 5.15. The van der Waals surface area contributed by atoms with Crippen LogP contribution in [0.3, 0.4) is 0 Å². The molecule has 0 bridgehead atoms. The molecule has 1 atom stereocenters. The Morgan fingerprint density at radius 3 is 2.45 bits per heavy atom. The van der Waals surface area contributed by atoms with Crippen LogP contribution in [-0.2, 0) is 14.8 Å². The highest BCUT2D eigenvalue weighted by molar-refractivity contribution is 7.89. The Morgan fingerprint density at radius 1 is 1.10 bits per heavy atom. The number of anilines is 1. The van der Waals surface area contributed by atoms with Gasteiger partial charge in [0.2, 0.25) is 15.9 Å². The van der Waals surface area contributed by atoms with Crippen LogP contribution in [0.15, 0.2) is 47.4 Å². The molecule has 0 spiro atoms. The molecule has 0 aliphatic carbocycles. The summed E-state index contributed by atoms with van der Waals surface area (Å²) in [7, 11) is -0.958. The largest absolute Gasteiger partial charge is 0.494 e. The summed E-state index contributed by atoms with van der Waals surface area (Å²) < 4.78 is 43.7. The third kappa shape index (κ3) is 5.11. The highest BCUT2D eigenvalue weighted by Crippen LogP contribution is 2.33. The average molecular weight is 449 g/mol. The molecular formula is C22H28N2O6S. The second-order valence-electron chi connectivity index (χ2n) is 7.15. The van der Waals surface area contributed by atoms with E-state index in [0.717, 1.165) is 12.2 Å². The normalized spacial score (nSPS) is 16.7. The van der Waals surface area contributed by atoms with Crippen molar-refractivity contribution in [2.24, 2.45) is 0 Å². The van der Waals surface area contributed by atoms with Gasteiger partial charge in [-0.2, -0.15) is 4.31 Å². The lowest BCUT2D eigenvalue weighted by molar-refractivity contribution is -0.119. The van der Waals surface area contributed by atoms with Crippen molar-refractivity contribution in [3.8, 4) is 17.2 Å². The monoisotopic (exact) mass is 448 g/mol. The number of sulfonamides is 1. The summed E-state index contributed by atoms with van der Waals surface area (Å²) in [4.78, 5) is 12.9. The summed E-state index contributed by atoms with van der Waals surface area (Å²) in [5.74, 6) is 1.11. The van der Waals surface area contributed by atoms with Gasteiger partial charge in [-0.1, -0.05) is 6.92 Å². The first-order valence-corrected chi connectivity index (χ1v) is 11.6. The molecule has 168 valence electrons. The lowest BCUT2D eigenvalue weighted by Gasteiger charge is -2.24. The van der Waals surface area contributed by atoms with Crippen molar-refractivity contribution in [3.05, 3.63) is 42.5 Å². The third-order valence-electron chi connectivity index (χ3n) is 5.06. The molecular weight excluding hydrogens is 420 g/mol. The van der Waals surface area contributed by atoms with Crippen LogP contribution in [0, 0.1) is 0 Å². The highest BCUT2D eigenvalue weighted by atomic mass is 32.2. The van der Waals surface area contributed by atoms with Crippen LogP contribution in [0.2, 0.25) is 0 Å². The first-order chi connectivity index (χ1) is 14.9. The third-order valence-corrected chi connectivity index (χ3v) is 6.97. The molecule has 0 radical (unpaired) electrons. The van der Waals surface area contributed by atoms with E-state index in [9.17, 15) is 13.2 Å². The van der Waals surface area contributed by atoms with Crippen molar-refractivity contribution in [1.82, 2.24) is 4.31 Å². The van der Waals surface area contributed by atoms with E-state index in [1.54, 1.807) is 30.3 Å². The molecule has 1 N–H and O–H groups in total. The Labute approximate surface area is 183 Å². The molecule has 0 saturated carbocycles. The molecule has 2 aromatic rings. The van der Waals surface area contributed by atoms with Gasteiger partial charge in [0.25, 0.3) is 0 Å². The zero-order valence-electron chi connectivity index (χ0n) is 18.0. The minimum atomic E-state index is -3.88. The van der Waals surface area contributed by atoms with Crippen LogP contribution in [0.25, 0.3) is 0 Å². The van der Waals surface area contributed by atoms with Gasteiger partial charge in [-0.05, 0) is 55.7 Å². The number of nitrogens with one attached hydrogen (secondary N) is 1. The zero-order valence-corrected chi connectivity index (χ0v) is 18.8. The number of nitrogens with zero attached hydrogens (tertiary/aromatic N) is 1. The number of carbonyl (C=O) groups is 1. The SMILES string of the molecule is CCCOc1ccc(NC(=O)C2CCCN2S(=O)(=O)c2ccc(OC)c(OC)c2)cc1. The van der Waals surface area contributed by atoms with Gasteiger partial charge < -0.3 is 19.5 Å². The van der Waals surface area contributed by atoms with Crippen molar-refractivity contribution < 1.29 is 27.4 Å². The smallest absolute Gasteiger partial charge is 0.243 e. The first-order valence-electron chi connectivity index (χ1n) is 10.2. The van der Waals surface area contributed by atoms with Gasteiger partial charge in [0.1, 0.15) is 11.8 Å². The Kier molecular flexibility index (Phi) is 7.40. The number of methoxy groups -OCH3 is 2. The molecule has 1 aliphatic heterocycles. The van der Waals surface area contributed by atoms with Gasteiger partial charge in [-0.15, -0.1) is 0 Å². The van der Waals surface area contributed by atoms with Crippen molar-refractivity contribution in [3.63, 3.8) is 0 Å². The van der Waals surface area contributed by atoms with E-state index in [4.69, 9.17) is 14.2 Å². The molecule has 8 nitrogen and oxygen atoms in total. The topological polar surface area (TPSA) is 94.2 Å². The number of amides is 1.